The van der Waals surface area contributed by atoms with E-state index in [1.165, 1.54) is 25.5 Å². The van der Waals surface area contributed by atoms with Gasteiger partial charge < -0.3 is 4.74 Å². The number of carbonyl (C=O) groups is 1. The van der Waals surface area contributed by atoms with E-state index in [1.807, 2.05) is 11.8 Å². The molecule has 0 spiro atoms. The topological polar surface area (TPSA) is 26.3 Å². The molecule has 0 atom stereocenters. The normalized spacial score (nSPS) is 17.1. The van der Waals surface area contributed by atoms with Gasteiger partial charge >= 0.3 is 5.97 Å². The van der Waals surface area contributed by atoms with Crippen LogP contribution in [0.15, 0.2) is 16.8 Å². The third kappa shape index (κ3) is 3.25. The van der Waals surface area contributed by atoms with Gasteiger partial charge in [-0.3, -0.25) is 4.79 Å². The molecule has 88 valence electrons. The van der Waals surface area contributed by atoms with Crippen LogP contribution in [0.25, 0.3) is 0 Å². The number of thiophene rings is 1. The quantitative estimate of drug-likeness (QED) is 0.730. The molecule has 4 heteroatoms. The van der Waals surface area contributed by atoms with E-state index in [0.717, 1.165) is 11.5 Å². The van der Waals surface area contributed by atoms with Crippen LogP contribution in [0.5, 0.6) is 0 Å². The Morgan fingerprint density at radius 3 is 3.00 bits per heavy atom. The molecular formula is C12H16O2S2. The fourth-order valence-electron chi connectivity index (χ4n) is 1.69. The molecule has 0 N–H and O–H groups in total. The lowest BCUT2D eigenvalue weighted by molar-refractivity contribution is -0.141. The van der Waals surface area contributed by atoms with Gasteiger partial charge in [0.15, 0.2) is 0 Å². The molecule has 1 aromatic rings. The van der Waals surface area contributed by atoms with Crippen molar-refractivity contribution in [3.8, 4) is 0 Å². The summed E-state index contributed by atoms with van der Waals surface area (Å²) in [6.45, 7) is 0. The minimum Gasteiger partial charge on any atom is -0.469 e. The van der Waals surface area contributed by atoms with E-state index in [2.05, 4.69) is 16.8 Å². The first-order valence-electron chi connectivity index (χ1n) is 5.40. The summed E-state index contributed by atoms with van der Waals surface area (Å²) in [4.78, 5) is 11.2. The summed E-state index contributed by atoms with van der Waals surface area (Å²) in [7, 11) is 1.47. The molecule has 1 saturated carbocycles. The lowest BCUT2D eigenvalue weighted by Gasteiger charge is -2.12. The molecule has 1 aliphatic carbocycles. The number of ether oxygens (including phenoxy) is 1. The predicted octanol–water partition coefficient (Wildman–Crippen LogP) is 3.32. The molecule has 1 aliphatic rings. The summed E-state index contributed by atoms with van der Waals surface area (Å²) in [5, 5.41) is 4.30. The van der Waals surface area contributed by atoms with Crippen LogP contribution in [0.1, 0.15) is 24.8 Å². The predicted molar refractivity (Wildman–Crippen MR) is 68.8 cm³/mol. The van der Waals surface area contributed by atoms with E-state index in [4.69, 9.17) is 4.74 Å². The van der Waals surface area contributed by atoms with Crippen LogP contribution in [0.2, 0.25) is 0 Å². The lowest BCUT2D eigenvalue weighted by atomic mass is 10.1. The summed E-state index contributed by atoms with van der Waals surface area (Å²) in [5.74, 6) is 2.08. The van der Waals surface area contributed by atoms with Crippen LogP contribution in [-0.4, -0.2) is 18.8 Å². The van der Waals surface area contributed by atoms with Crippen LogP contribution >= 0.6 is 23.1 Å². The Morgan fingerprint density at radius 1 is 1.62 bits per heavy atom. The van der Waals surface area contributed by atoms with Crippen molar-refractivity contribution in [2.24, 2.45) is 5.41 Å². The van der Waals surface area contributed by atoms with E-state index in [0.29, 0.717) is 6.42 Å². The zero-order chi connectivity index (χ0) is 11.4. The highest BCUT2D eigenvalue weighted by Crippen LogP contribution is 2.51. The van der Waals surface area contributed by atoms with Gasteiger partial charge in [-0.2, -0.15) is 23.1 Å². The average molecular weight is 256 g/mol. The smallest absolute Gasteiger partial charge is 0.306 e. The molecule has 0 saturated heterocycles. The molecule has 1 aromatic heterocycles. The van der Waals surface area contributed by atoms with Crippen LogP contribution in [-0.2, 0) is 15.3 Å². The van der Waals surface area contributed by atoms with Crippen molar-refractivity contribution >= 4 is 29.1 Å². The maximum atomic E-state index is 11.2. The van der Waals surface area contributed by atoms with Crippen LogP contribution in [0, 0.1) is 5.41 Å². The van der Waals surface area contributed by atoms with Gasteiger partial charge in [0.05, 0.1) is 13.5 Å². The second-order valence-electron chi connectivity index (χ2n) is 4.38. The summed E-state index contributed by atoms with van der Waals surface area (Å²) in [5.41, 5.74) is 1.65. The third-order valence-electron chi connectivity index (χ3n) is 2.96. The third-order valence-corrected chi connectivity index (χ3v) is 5.05. The van der Waals surface area contributed by atoms with Gasteiger partial charge in [0.25, 0.3) is 0 Å². The fourth-order valence-corrected chi connectivity index (χ4v) is 3.80. The number of methoxy groups -OCH3 is 1. The van der Waals surface area contributed by atoms with E-state index in [9.17, 15) is 4.79 Å². The Kier molecular flexibility index (Phi) is 3.92. The average Bonchev–Trinajstić information content (AvgIpc) is 2.83. The molecule has 16 heavy (non-hydrogen) atoms. The second-order valence-corrected chi connectivity index (χ2v) is 6.14. The zero-order valence-electron chi connectivity index (χ0n) is 9.40. The summed E-state index contributed by atoms with van der Waals surface area (Å²) in [6.07, 6.45) is 2.96. The Hall–Kier alpha value is -0.480. The molecule has 0 amide bonds. The molecule has 0 unspecified atom stereocenters. The molecule has 2 nitrogen and oxygen atoms in total. The van der Waals surface area contributed by atoms with Crippen LogP contribution in [0.3, 0.4) is 0 Å². The van der Waals surface area contributed by atoms with E-state index in [-0.39, 0.29) is 11.4 Å². The van der Waals surface area contributed by atoms with Crippen LogP contribution < -0.4 is 0 Å². The van der Waals surface area contributed by atoms with Gasteiger partial charge in [0.2, 0.25) is 0 Å². The Labute approximate surface area is 104 Å². The Balaban J connectivity index is 1.71. The SMILES string of the molecule is COC(=O)CC1(CSCc2ccsc2)CC1. The van der Waals surface area contributed by atoms with Crippen molar-refractivity contribution in [2.75, 3.05) is 12.9 Å². The van der Waals surface area contributed by atoms with Gasteiger partial charge in [-0.05, 0) is 46.4 Å². The van der Waals surface area contributed by atoms with Crippen molar-refractivity contribution in [3.63, 3.8) is 0 Å². The summed E-state index contributed by atoms with van der Waals surface area (Å²) < 4.78 is 4.73. The van der Waals surface area contributed by atoms with Crippen molar-refractivity contribution in [1.82, 2.24) is 0 Å². The van der Waals surface area contributed by atoms with Crippen molar-refractivity contribution in [1.29, 1.82) is 0 Å². The first kappa shape index (κ1) is 12.0. The fraction of sp³-hybridized carbons (Fsp3) is 0.583. The molecule has 1 heterocycles. The number of carbonyl (C=O) groups excluding carboxylic acids is 1. The summed E-state index contributed by atoms with van der Waals surface area (Å²) in [6, 6.07) is 2.16. The van der Waals surface area contributed by atoms with Crippen molar-refractivity contribution in [2.45, 2.75) is 25.0 Å². The number of esters is 1. The van der Waals surface area contributed by atoms with Gasteiger partial charge in [-0.1, -0.05) is 0 Å². The van der Waals surface area contributed by atoms with Gasteiger partial charge in [0, 0.05) is 5.75 Å². The van der Waals surface area contributed by atoms with Gasteiger partial charge in [-0.25, -0.2) is 0 Å². The summed E-state index contributed by atoms with van der Waals surface area (Å²) >= 11 is 3.67. The lowest BCUT2D eigenvalue weighted by Crippen LogP contribution is -2.13. The molecule has 0 radical (unpaired) electrons. The minimum absolute atomic E-state index is 0.0615. The monoisotopic (exact) mass is 256 g/mol. The Bertz CT molecular complexity index is 342. The largest absolute Gasteiger partial charge is 0.469 e. The van der Waals surface area contributed by atoms with Crippen LogP contribution in [0.4, 0.5) is 0 Å². The van der Waals surface area contributed by atoms with E-state index in [1.54, 1.807) is 11.3 Å². The van der Waals surface area contributed by atoms with Gasteiger partial charge in [0.1, 0.15) is 0 Å². The standard InChI is InChI=1S/C12H16O2S2/c1-14-11(13)6-12(3-4-12)9-16-8-10-2-5-15-7-10/h2,5,7H,3-4,6,8-9H2,1H3. The number of rotatable bonds is 6. The number of hydrogen-bond acceptors (Lipinski definition) is 4. The molecule has 2 rings (SSSR count). The zero-order valence-corrected chi connectivity index (χ0v) is 11.0. The van der Waals surface area contributed by atoms with Crippen molar-refractivity contribution < 1.29 is 9.53 Å². The molecule has 0 aliphatic heterocycles. The number of thioether (sulfide) groups is 1. The first-order chi connectivity index (χ1) is 7.74. The first-order valence-corrected chi connectivity index (χ1v) is 7.49. The minimum atomic E-state index is -0.0615. The molecule has 1 fully saturated rings. The number of hydrogen-bond donors (Lipinski definition) is 0. The molecular weight excluding hydrogens is 240 g/mol. The highest BCUT2D eigenvalue weighted by Gasteiger charge is 2.44. The maximum Gasteiger partial charge on any atom is 0.306 e. The van der Waals surface area contributed by atoms with Gasteiger partial charge in [-0.15, -0.1) is 0 Å². The van der Waals surface area contributed by atoms with E-state index < -0.39 is 0 Å². The highest BCUT2D eigenvalue weighted by molar-refractivity contribution is 7.98. The van der Waals surface area contributed by atoms with Crippen molar-refractivity contribution in [3.05, 3.63) is 22.4 Å². The Morgan fingerprint density at radius 2 is 2.44 bits per heavy atom. The maximum absolute atomic E-state index is 11.2. The highest BCUT2D eigenvalue weighted by atomic mass is 32.2. The molecule has 0 bridgehead atoms. The second kappa shape index (κ2) is 5.23. The molecule has 0 aromatic carbocycles. The van der Waals surface area contributed by atoms with E-state index >= 15 is 0 Å².